The van der Waals surface area contributed by atoms with Gasteiger partial charge in [0.2, 0.25) is 0 Å². The molecule has 180 valence electrons. The summed E-state index contributed by atoms with van der Waals surface area (Å²) in [5, 5.41) is 8.30. The maximum Gasteiger partial charge on any atom is 0.254 e. The van der Waals surface area contributed by atoms with Crippen molar-refractivity contribution >= 4 is 16.8 Å². The Morgan fingerprint density at radius 2 is 2.11 bits per heavy atom. The lowest BCUT2D eigenvalue weighted by molar-refractivity contribution is 0.0736. The third kappa shape index (κ3) is 5.27. The van der Waals surface area contributed by atoms with Crippen LogP contribution in [0.5, 0.6) is 11.5 Å². The molecule has 3 heterocycles. The van der Waals surface area contributed by atoms with E-state index in [9.17, 15) is 4.79 Å². The van der Waals surface area contributed by atoms with E-state index in [4.69, 9.17) is 14.2 Å². The van der Waals surface area contributed by atoms with Crippen LogP contribution in [-0.2, 0) is 17.8 Å². The molecule has 1 aliphatic rings. The number of hydrogen-bond donors (Lipinski definition) is 1. The molecule has 0 unspecified atom stereocenters. The highest BCUT2D eigenvalue weighted by Crippen LogP contribution is 2.30. The van der Waals surface area contributed by atoms with Gasteiger partial charge in [0.05, 0.1) is 37.7 Å². The van der Waals surface area contributed by atoms with Crippen molar-refractivity contribution in [1.82, 2.24) is 20.1 Å². The van der Waals surface area contributed by atoms with E-state index >= 15 is 0 Å². The number of carbonyl (C=O) groups is 1. The zero-order valence-corrected chi connectivity index (χ0v) is 19.6. The Labute approximate surface area is 203 Å². The summed E-state index contributed by atoms with van der Waals surface area (Å²) in [6.45, 7) is 2.56. The van der Waals surface area contributed by atoms with Crippen molar-refractivity contribution in [3.05, 3.63) is 83.8 Å². The molecule has 1 saturated heterocycles. The van der Waals surface area contributed by atoms with Gasteiger partial charge in [-0.3, -0.25) is 14.9 Å². The number of ether oxygens (including phenoxy) is 3. The Kier molecular flexibility index (Phi) is 6.90. The van der Waals surface area contributed by atoms with Crippen LogP contribution < -0.4 is 9.47 Å². The predicted octanol–water partition coefficient (Wildman–Crippen LogP) is 3.88. The molecule has 5 rings (SSSR count). The topological polar surface area (TPSA) is 89.6 Å². The van der Waals surface area contributed by atoms with Crippen LogP contribution in [0.3, 0.4) is 0 Å². The molecule has 8 nitrogen and oxygen atoms in total. The van der Waals surface area contributed by atoms with Gasteiger partial charge >= 0.3 is 0 Å². The fourth-order valence-corrected chi connectivity index (χ4v) is 4.45. The molecule has 1 N–H and O–H groups in total. The van der Waals surface area contributed by atoms with E-state index in [0.717, 1.165) is 23.0 Å². The van der Waals surface area contributed by atoms with E-state index in [2.05, 4.69) is 21.2 Å². The largest absolute Gasteiger partial charge is 0.493 e. The van der Waals surface area contributed by atoms with Gasteiger partial charge in [-0.05, 0) is 48.4 Å². The maximum atomic E-state index is 13.5. The van der Waals surface area contributed by atoms with Crippen molar-refractivity contribution < 1.29 is 19.0 Å². The first-order chi connectivity index (χ1) is 17.2. The smallest absolute Gasteiger partial charge is 0.254 e. The SMILES string of the molecule is COc1ccc(C(=O)N2CCOC[C@H](Cc3cccc4[nH]ncc34)C2)cc1OCc1ccccn1. The van der Waals surface area contributed by atoms with Crippen LogP contribution in [0.4, 0.5) is 0 Å². The van der Waals surface area contributed by atoms with Gasteiger partial charge < -0.3 is 19.1 Å². The van der Waals surface area contributed by atoms with Gasteiger partial charge in [0.25, 0.3) is 5.91 Å². The number of nitrogens with zero attached hydrogens (tertiary/aromatic N) is 3. The first-order valence-electron chi connectivity index (χ1n) is 11.7. The lowest BCUT2D eigenvalue weighted by Gasteiger charge is -2.24. The lowest BCUT2D eigenvalue weighted by atomic mass is 9.97. The number of pyridine rings is 1. The Morgan fingerprint density at radius 3 is 2.97 bits per heavy atom. The highest BCUT2D eigenvalue weighted by Gasteiger charge is 2.25. The molecule has 0 radical (unpaired) electrons. The zero-order chi connectivity index (χ0) is 24.0. The molecule has 1 aliphatic heterocycles. The van der Waals surface area contributed by atoms with Crippen LogP contribution in [0.1, 0.15) is 21.6 Å². The van der Waals surface area contributed by atoms with Crippen LogP contribution >= 0.6 is 0 Å². The Morgan fingerprint density at radius 1 is 1.17 bits per heavy atom. The summed E-state index contributed by atoms with van der Waals surface area (Å²) in [5.74, 6) is 1.22. The number of nitrogens with one attached hydrogen (secondary N) is 1. The summed E-state index contributed by atoms with van der Waals surface area (Å²) in [6, 6.07) is 17.1. The molecule has 1 fully saturated rings. The fraction of sp³-hybridized carbons (Fsp3) is 0.296. The first-order valence-corrected chi connectivity index (χ1v) is 11.7. The third-order valence-electron chi connectivity index (χ3n) is 6.22. The zero-order valence-electron chi connectivity index (χ0n) is 19.6. The molecule has 0 saturated carbocycles. The van der Waals surface area contributed by atoms with Crippen molar-refractivity contribution in [2.24, 2.45) is 5.92 Å². The summed E-state index contributed by atoms with van der Waals surface area (Å²) in [6.07, 6.45) is 4.39. The summed E-state index contributed by atoms with van der Waals surface area (Å²) >= 11 is 0. The first kappa shape index (κ1) is 22.9. The molecule has 0 spiro atoms. The monoisotopic (exact) mass is 472 g/mol. The number of H-pyrrole nitrogens is 1. The highest BCUT2D eigenvalue weighted by molar-refractivity contribution is 5.95. The summed E-state index contributed by atoms with van der Waals surface area (Å²) in [4.78, 5) is 19.7. The van der Waals surface area contributed by atoms with Gasteiger partial charge in [-0.1, -0.05) is 18.2 Å². The Balaban J connectivity index is 1.31. The second-order valence-corrected chi connectivity index (χ2v) is 8.62. The minimum Gasteiger partial charge on any atom is -0.493 e. The van der Waals surface area contributed by atoms with Crippen molar-refractivity contribution in [2.75, 3.05) is 33.4 Å². The van der Waals surface area contributed by atoms with Gasteiger partial charge in [0.15, 0.2) is 11.5 Å². The number of benzene rings is 2. The van der Waals surface area contributed by atoms with Crippen molar-refractivity contribution in [3.8, 4) is 11.5 Å². The molecular formula is C27H28N4O4. The maximum absolute atomic E-state index is 13.5. The van der Waals surface area contributed by atoms with Crippen LogP contribution in [-0.4, -0.2) is 59.4 Å². The van der Waals surface area contributed by atoms with Crippen LogP contribution in [0.15, 0.2) is 67.0 Å². The Bertz CT molecular complexity index is 1290. The molecule has 35 heavy (non-hydrogen) atoms. The minimum absolute atomic E-state index is 0.0487. The summed E-state index contributed by atoms with van der Waals surface area (Å²) < 4.78 is 17.3. The molecular weight excluding hydrogens is 444 g/mol. The molecule has 1 amide bonds. The molecule has 8 heteroatoms. The number of aromatic nitrogens is 3. The third-order valence-corrected chi connectivity index (χ3v) is 6.22. The number of rotatable bonds is 7. The van der Waals surface area contributed by atoms with Gasteiger partial charge in [-0.15, -0.1) is 0 Å². The fourth-order valence-electron chi connectivity index (χ4n) is 4.45. The van der Waals surface area contributed by atoms with Gasteiger partial charge in [-0.25, -0.2) is 0 Å². The standard InChI is InChI=1S/C27H28N4O4/c1-33-25-9-8-21(14-26(25)35-18-22-6-2-3-10-28-22)27(32)31-11-12-34-17-19(16-31)13-20-5-4-7-24-23(20)15-29-30-24/h2-10,14-15,19H,11-13,16-18H2,1H3,(H,29,30)/t19-/m1/s1. The average molecular weight is 473 g/mol. The number of methoxy groups -OCH3 is 1. The van der Waals surface area contributed by atoms with Crippen molar-refractivity contribution in [3.63, 3.8) is 0 Å². The van der Waals surface area contributed by atoms with E-state index in [1.54, 1.807) is 31.5 Å². The molecule has 1 atom stereocenters. The second kappa shape index (κ2) is 10.6. The highest BCUT2D eigenvalue weighted by atomic mass is 16.5. The number of hydrogen-bond acceptors (Lipinski definition) is 6. The normalized spacial score (nSPS) is 16.1. The van der Waals surface area contributed by atoms with E-state index in [-0.39, 0.29) is 18.4 Å². The average Bonchev–Trinajstić information content (AvgIpc) is 3.27. The number of fused-ring (bicyclic) bond motifs is 1. The lowest BCUT2D eigenvalue weighted by Crippen LogP contribution is -2.36. The van der Waals surface area contributed by atoms with Crippen LogP contribution in [0, 0.1) is 5.92 Å². The number of aromatic amines is 1. The summed E-state index contributed by atoms with van der Waals surface area (Å²) in [7, 11) is 1.59. The number of carbonyl (C=O) groups excluding carboxylic acids is 1. The van der Waals surface area contributed by atoms with Gasteiger partial charge in [-0.2, -0.15) is 5.10 Å². The van der Waals surface area contributed by atoms with E-state index in [1.165, 1.54) is 5.56 Å². The molecule has 0 aliphatic carbocycles. The second-order valence-electron chi connectivity index (χ2n) is 8.62. The molecule has 0 bridgehead atoms. The predicted molar refractivity (Wildman–Crippen MR) is 132 cm³/mol. The van der Waals surface area contributed by atoms with E-state index < -0.39 is 0 Å². The molecule has 4 aromatic rings. The molecule has 2 aromatic heterocycles. The quantitative estimate of drug-likeness (QED) is 0.439. The van der Waals surface area contributed by atoms with E-state index in [0.29, 0.717) is 43.4 Å². The Hall–Kier alpha value is -3.91. The molecule has 2 aromatic carbocycles. The number of amides is 1. The van der Waals surface area contributed by atoms with Crippen LogP contribution in [0.2, 0.25) is 0 Å². The van der Waals surface area contributed by atoms with Crippen LogP contribution in [0.25, 0.3) is 10.9 Å². The summed E-state index contributed by atoms with van der Waals surface area (Å²) in [5.41, 5.74) is 3.57. The van der Waals surface area contributed by atoms with Gasteiger partial charge in [0.1, 0.15) is 6.61 Å². The van der Waals surface area contributed by atoms with Crippen molar-refractivity contribution in [1.29, 1.82) is 0 Å². The van der Waals surface area contributed by atoms with Gasteiger partial charge in [0, 0.05) is 36.2 Å². The minimum atomic E-state index is -0.0487. The van der Waals surface area contributed by atoms with E-state index in [1.807, 2.05) is 41.4 Å². The van der Waals surface area contributed by atoms with Crippen molar-refractivity contribution in [2.45, 2.75) is 13.0 Å².